The van der Waals surface area contributed by atoms with Crippen molar-refractivity contribution < 1.29 is 4.74 Å². The fraction of sp³-hybridized carbons (Fsp3) is 1.00. The highest BCUT2D eigenvalue weighted by Crippen LogP contribution is 2.46. The Morgan fingerprint density at radius 1 is 1.25 bits per heavy atom. The van der Waals surface area contributed by atoms with Gasteiger partial charge in [-0.15, -0.1) is 0 Å². The van der Waals surface area contributed by atoms with E-state index >= 15 is 0 Å². The Kier molecular flexibility index (Phi) is 3.91. The first-order valence-electron chi connectivity index (χ1n) is 6.90. The minimum atomic E-state index is 0.519. The van der Waals surface area contributed by atoms with Crippen molar-refractivity contribution in [2.45, 2.75) is 52.0 Å². The molecule has 2 nitrogen and oxygen atoms in total. The molecule has 0 aromatic rings. The lowest BCUT2D eigenvalue weighted by molar-refractivity contribution is 0.0189. The monoisotopic (exact) mass is 225 g/mol. The molecule has 1 aliphatic heterocycles. The summed E-state index contributed by atoms with van der Waals surface area (Å²) in [5, 5.41) is 3.59. The number of ether oxygens (including phenoxy) is 1. The van der Waals surface area contributed by atoms with Crippen molar-refractivity contribution in [1.29, 1.82) is 0 Å². The largest absolute Gasteiger partial charge is 0.381 e. The fourth-order valence-electron chi connectivity index (χ4n) is 3.83. The highest BCUT2D eigenvalue weighted by molar-refractivity contribution is 4.95. The van der Waals surface area contributed by atoms with Gasteiger partial charge in [0, 0.05) is 12.6 Å². The lowest BCUT2D eigenvalue weighted by Gasteiger charge is -2.40. The Morgan fingerprint density at radius 3 is 2.56 bits per heavy atom. The average Bonchev–Trinajstić information content (AvgIpc) is 2.62. The molecule has 2 heteroatoms. The number of nitrogens with one attached hydrogen (secondary N) is 1. The van der Waals surface area contributed by atoms with Gasteiger partial charge in [0.2, 0.25) is 0 Å². The molecule has 2 aliphatic rings. The van der Waals surface area contributed by atoms with Crippen LogP contribution in [0.2, 0.25) is 0 Å². The van der Waals surface area contributed by atoms with E-state index in [1.165, 1.54) is 32.1 Å². The zero-order valence-corrected chi connectivity index (χ0v) is 11.1. The van der Waals surface area contributed by atoms with Crippen LogP contribution in [-0.4, -0.2) is 26.3 Å². The molecule has 1 N–H and O–H groups in total. The lowest BCUT2D eigenvalue weighted by atomic mass is 9.72. The molecule has 0 spiro atoms. The van der Waals surface area contributed by atoms with Crippen LogP contribution in [0.5, 0.6) is 0 Å². The Bertz CT molecular complexity index is 221. The quantitative estimate of drug-likeness (QED) is 0.797. The van der Waals surface area contributed by atoms with E-state index in [4.69, 9.17) is 4.74 Å². The third kappa shape index (κ3) is 2.43. The first-order valence-corrected chi connectivity index (χ1v) is 6.90. The van der Waals surface area contributed by atoms with Crippen LogP contribution >= 0.6 is 0 Å². The van der Waals surface area contributed by atoms with Gasteiger partial charge < -0.3 is 10.1 Å². The number of hydrogen-bond acceptors (Lipinski definition) is 2. The minimum absolute atomic E-state index is 0.519. The van der Waals surface area contributed by atoms with Gasteiger partial charge in [-0.3, -0.25) is 0 Å². The summed E-state index contributed by atoms with van der Waals surface area (Å²) >= 11 is 0. The second kappa shape index (κ2) is 5.05. The van der Waals surface area contributed by atoms with E-state index in [2.05, 4.69) is 26.2 Å². The maximum atomic E-state index is 5.65. The summed E-state index contributed by atoms with van der Waals surface area (Å²) < 4.78 is 5.65. The molecule has 0 amide bonds. The molecule has 1 saturated carbocycles. The zero-order chi connectivity index (χ0) is 11.6. The van der Waals surface area contributed by atoms with Gasteiger partial charge in [0.15, 0.2) is 0 Å². The molecular formula is C14H27NO. The summed E-state index contributed by atoms with van der Waals surface area (Å²) in [6, 6.07) is 0.665. The highest BCUT2D eigenvalue weighted by atomic mass is 16.5. The Morgan fingerprint density at radius 2 is 2.06 bits per heavy atom. The van der Waals surface area contributed by atoms with Crippen LogP contribution in [-0.2, 0) is 4.74 Å². The van der Waals surface area contributed by atoms with Gasteiger partial charge in [-0.2, -0.15) is 0 Å². The van der Waals surface area contributed by atoms with E-state index in [0.717, 1.165) is 25.0 Å². The normalized spacial score (nSPS) is 36.2. The van der Waals surface area contributed by atoms with E-state index < -0.39 is 0 Å². The van der Waals surface area contributed by atoms with Crippen LogP contribution in [0.1, 0.15) is 46.0 Å². The van der Waals surface area contributed by atoms with Crippen LogP contribution in [0.4, 0.5) is 0 Å². The van der Waals surface area contributed by atoms with Crippen molar-refractivity contribution in [1.82, 2.24) is 5.32 Å². The van der Waals surface area contributed by atoms with Gasteiger partial charge in [-0.1, -0.05) is 20.3 Å². The zero-order valence-electron chi connectivity index (χ0n) is 11.1. The second-order valence-electron chi connectivity index (χ2n) is 6.28. The smallest absolute Gasteiger partial charge is 0.0509 e. The third-order valence-electron chi connectivity index (χ3n) is 4.81. The van der Waals surface area contributed by atoms with Crippen LogP contribution in [0.15, 0.2) is 0 Å². The molecular weight excluding hydrogens is 198 g/mol. The predicted octanol–water partition coefficient (Wildman–Crippen LogP) is 2.83. The van der Waals surface area contributed by atoms with Gasteiger partial charge >= 0.3 is 0 Å². The number of rotatable bonds is 3. The summed E-state index contributed by atoms with van der Waals surface area (Å²) in [5.74, 6) is 1.57. The molecule has 1 aliphatic carbocycles. The van der Waals surface area contributed by atoms with Crippen molar-refractivity contribution in [3.63, 3.8) is 0 Å². The Balaban J connectivity index is 2.03. The first-order chi connectivity index (χ1) is 7.65. The van der Waals surface area contributed by atoms with Gasteiger partial charge in [0.05, 0.1) is 6.61 Å². The first kappa shape index (κ1) is 12.4. The molecule has 0 aromatic heterocycles. The Hall–Kier alpha value is -0.0800. The summed E-state index contributed by atoms with van der Waals surface area (Å²) in [6.07, 6.45) is 6.79. The van der Waals surface area contributed by atoms with Crippen molar-refractivity contribution >= 4 is 0 Å². The van der Waals surface area contributed by atoms with Crippen LogP contribution < -0.4 is 5.32 Å². The number of hydrogen-bond donors (Lipinski definition) is 1. The van der Waals surface area contributed by atoms with Gasteiger partial charge in [0.25, 0.3) is 0 Å². The molecule has 1 saturated heterocycles. The minimum Gasteiger partial charge on any atom is -0.381 e. The highest BCUT2D eigenvalue weighted by Gasteiger charge is 2.42. The predicted molar refractivity (Wildman–Crippen MR) is 67.5 cm³/mol. The molecule has 0 radical (unpaired) electrons. The van der Waals surface area contributed by atoms with Crippen molar-refractivity contribution in [3.05, 3.63) is 0 Å². The maximum absolute atomic E-state index is 5.65. The summed E-state index contributed by atoms with van der Waals surface area (Å²) in [6.45, 7) is 6.83. The molecule has 16 heavy (non-hydrogen) atoms. The van der Waals surface area contributed by atoms with Crippen molar-refractivity contribution in [2.24, 2.45) is 17.3 Å². The maximum Gasteiger partial charge on any atom is 0.0509 e. The summed E-state index contributed by atoms with van der Waals surface area (Å²) in [4.78, 5) is 0. The van der Waals surface area contributed by atoms with Gasteiger partial charge in [-0.25, -0.2) is 0 Å². The third-order valence-corrected chi connectivity index (χ3v) is 4.81. The van der Waals surface area contributed by atoms with Crippen LogP contribution in [0.25, 0.3) is 0 Å². The van der Waals surface area contributed by atoms with E-state index in [-0.39, 0.29) is 0 Å². The molecule has 2 rings (SSSR count). The molecule has 1 heterocycles. The molecule has 2 fully saturated rings. The summed E-state index contributed by atoms with van der Waals surface area (Å²) in [7, 11) is 2.13. The molecule has 94 valence electrons. The second-order valence-corrected chi connectivity index (χ2v) is 6.28. The standard InChI is InChI=1S/C14H27NO/c1-14(2)8-4-7-12(14)13(15-3)11-6-5-9-16-10-11/h11-13,15H,4-10H2,1-3H3. The molecule has 0 bridgehead atoms. The van der Waals surface area contributed by atoms with Gasteiger partial charge in [0.1, 0.15) is 0 Å². The Labute approximate surface area is 100 Å². The molecule has 0 aromatic carbocycles. The molecule has 3 unspecified atom stereocenters. The van der Waals surface area contributed by atoms with Crippen molar-refractivity contribution in [3.8, 4) is 0 Å². The van der Waals surface area contributed by atoms with Crippen molar-refractivity contribution in [2.75, 3.05) is 20.3 Å². The van der Waals surface area contributed by atoms with E-state index in [9.17, 15) is 0 Å². The van der Waals surface area contributed by atoms with E-state index in [1.54, 1.807) is 0 Å². The SMILES string of the molecule is CNC(C1CCCOC1)C1CCCC1(C)C. The fourth-order valence-corrected chi connectivity index (χ4v) is 3.83. The van der Waals surface area contributed by atoms with Crippen LogP contribution in [0.3, 0.4) is 0 Å². The molecule has 3 atom stereocenters. The van der Waals surface area contributed by atoms with Gasteiger partial charge in [-0.05, 0) is 50.0 Å². The van der Waals surface area contributed by atoms with E-state index in [0.29, 0.717) is 11.5 Å². The average molecular weight is 225 g/mol. The summed E-state index contributed by atoms with van der Waals surface area (Å²) in [5.41, 5.74) is 0.519. The van der Waals surface area contributed by atoms with E-state index in [1.807, 2.05) is 0 Å². The topological polar surface area (TPSA) is 21.3 Å². The van der Waals surface area contributed by atoms with Crippen LogP contribution in [0, 0.1) is 17.3 Å². The lowest BCUT2D eigenvalue weighted by Crippen LogP contribution is -2.46.